The molecule has 0 radical (unpaired) electrons. The highest BCUT2D eigenvalue weighted by Gasteiger charge is 2.31. The van der Waals surface area contributed by atoms with Gasteiger partial charge in [-0.3, -0.25) is 13.9 Å². The molecule has 0 heterocycles. The molecule has 2 amide bonds. The fourth-order valence-corrected chi connectivity index (χ4v) is 5.49. The lowest BCUT2D eigenvalue weighted by molar-refractivity contribution is -0.139. The number of hydrogen-bond donors (Lipinski definition) is 1. The first-order valence-corrected chi connectivity index (χ1v) is 14.2. The summed E-state index contributed by atoms with van der Waals surface area (Å²) in [5.74, 6) is -0.593. The van der Waals surface area contributed by atoms with E-state index < -0.39 is 22.0 Å². The summed E-state index contributed by atoms with van der Waals surface area (Å²) >= 11 is 0. The van der Waals surface area contributed by atoms with Crippen LogP contribution in [0.4, 0.5) is 5.69 Å². The van der Waals surface area contributed by atoms with Gasteiger partial charge < -0.3 is 10.2 Å². The van der Waals surface area contributed by atoms with Crippen LogP contribution in [0.2, 0.25) is 0 Å². The van der Waals surface area contributed by atoms with E-state index in [0.717, 1.165) is 47.4 Å². The van der Waals surface area contributed by atoms with Gasteiger partial charge in [0.2, 0.25) is 21.8 Å². The van der Waals surface area contributed by atoms with Crippen LogP contribution in [0.15, 0.2) is 54.6 Å². The van der Waals surface area contributed by atoms with Crippen molar-refractivity contribution in [3.63, 3.8) is 0 Å². The zero-order chi connectivity index (χ0) is 25.4. The molecular formula is C27H37N3O4S. The maximum atomic E-state index is 13.6. The standard InChI is InChI=1S/C27H37N3O4S/c1-4-23-14-8-11-17-25(23)30(35(3,33)34)20-26(31)29(19-18-22-12-6-5-7-13-22)21(2)27(32)28-24-15-9-10-16-24/h5-8,11-14,17,21,24H,4,9-10,15-16,18-20H2,1-3H3,(H,28,32). The number of nitrogens with one attached hydrogen (secondary N) is 1. The number of carbonyl (C=O) groups excluding carboxylic acids is 2. The van der Waals surface area contributed by atoms with Crippen molar-refractivity contribution >= 4 is 27.5 Å². The minimum absolute atomic E-state index is 0.139. The summed E-state index contributed by atoms with van der Waals surface area (Å²) in [7, 11) is -3.73. The molecule has 190 valence electrons. The molecule has 2 aromatic carbocycles. The molecule has 1 fully saturated rings. The second kappa shape index (κ2) is 12.2. The quantitative estimate of drug-likeness (QED) is 0.512. The van der Waals surface area contributed by atoms with Gasteiger partial charge in [0.15, 0.2) is 0 Å². The van der Waals surface area contributed by atoms with Gasteiger partial charge in [-0.15, -0.1) is 0 Å². The van der Waals surface area contributed by atoms with Crippen molar-refractivity contribution in [2.24, 2.45) is 0 Å². The number of carbonyl (C=O) groups is 2. The van der Waals surface area contributed by atoms with E-state index in [0.29, 0.717) is 25.1 Å². The van der Waals surface area contributed by atoms with Crippen molar-refractivity contribution < 1.29 is 18.0 Å². The maximum absolute atomic E-state index is 13.6. The molecule has 8 heteroatoms. The van der Waals surface area contributed by atoms with E-state index in [1.54, 1.807) is 19.1 Å². The Morgan fingerprint density at radius 2 is 1.66 bits per heavy atom. The summed E-state index contributed by atoms with van der Waals surface area (Å²) in [6, 6.07) is 16.4. The van der Waals surface area contributed by atoms with Crippen LogP contribution in [0.3, 0.4) is 0 Å². The van der Waals surface area contributed by atoms with Gasteiger partial charge >= 0.3 is 0 Å². The van der Waals surface area contributed by atoms with Crippen LogP contribution < -0.4 is 9.62 Å². The van der Waals surface area contributed by atoms with Crippen LogP contribution in [0, 0.1) is 0 Å². The number of anilines is 1. The number of nitrogens with zero attached hydrogens (tertiary/aromatic N) is 2. The van der Waals surface area contributed by atoms with Crippen LogP contribution in [0.1, 0.15) is 50.7 Å². The number of para-hydroxylation sites is 1. The summed E-state index contributed by atoms with van der Waals surface area (Å²) < 4.78 is 26.7. The van der Waals surface area contributed by atoms with Crippen molar-refractivity contribution in [1.29, 1.82) is 0 Å². The normalized spacial score (nSPS) is 14.9. The van der Waals surface area contributed by atoms with Crippen LogP contribution in [-0.2, 0) is 32.5 Å². The lowest BCUT2D eigenvalue weighted by Crippen LogP contribution is -2.53. The van der Waals surface area contributed by atoms with Crippen LogP contribution in [0.5, 0.6) is 0 Å². The van der Waals surface area contributed by atoms with Gasteiger partial charge in [-0.1, -0.05) is 68.3 Å². The molecule has 1 N–H and O–H groups in total. The van der Waals surface area contributed by atoms with E-state index in [4.69, 9.17) is 0 Å². The second-order valence-electron chi connectivity index (χ2n) is 9.24. The third kappa shape index (κ3) is 7.31. The van der Waals surface area contributed by atoms with Gasteiger partial charge in [0.1, 0.15) is 12.6 Å². The average Bonchev–Trinajstić information content (AvgIpc) is 3.35. The fourth-order valence-electron chi connectivity index (χ4n) is 4.61. The molecule has 0 aromatic heterocycles. The Morgan fingerprint density at radius 1 is 1.03 bits per heavy atom. The molecule has 0 bridgehead atoms. The predicted octanol–water partition coefficient (Wildman–Crippen LogP) is 3.53. The predicted molar refractivity (Wildman–Crippen MR) is 140 cm³/mol. The van der Waals surface area contributed by atoms with Crippen molar-refractivity contribution in [2.45, 2.75) is 64.5 Å². The zero-order valence-corrected chi connectivity index (χ0v) is 21.8. The van der Waals surface area contributed by atoms with Crippen molar-refractivity contribution in [3.8, 4) is 0 Å². The first-order valence-electron chi connectivity index (χ1n) is 12.4. The molecule has 7 nitrogen and oxygen atoms in total. The molecule has 0 aliphatic heterocycles. The molecule has 0 saturated heterocycles. The molecule has 3 rings (SSSR count). The number of rotatable bonds is 11. The Labute approximate surface area is 209 Å². The highest BCUT2D eigenvalue weighted by Crippen LogP contribution is 2.24. The molecule has 1 aliphatic carbocycles. The van der Waals surface area contributed by atoms with Crippen LogP contribution in [-0.4, -0.2) is 56.6 Å². The smallest absolute Gasteiger partial charge is 0.244 e. The Morgan fingerprint density at radius 3 is 2.29 bits per heavy atom. The summed E-state index contributed by atoms with van der Waals surface area (Å²) in [6.07, 6.45) is 6.40. The maximum Gasteiger partial charge on any atom is 0.244 e. The number of amides is 2. The summed E-state index contributed by atoms with van der Waals surface area (Å²) in [6.45, 7) is 3.63. The second-order valence-corrected chi connectivity index (χ2v) is 11.1. The highest BCUT2D eigenvalue weighted by atomic mass is 32.2. The number of benzene rings is 2. The molecule has 1 aliphatic rings. The lowest BCUT2D eigenvalue weighted by atomic mass is 10.1. The summed E-state index contributed by atoms with van der Waals surface area (Å²) in [5, 5.41) is 3.08. The summed E-state index contributed by atoms with van der Waals surface area (Å²) in [5.41, 5.74) is 2.38. The summed E-state index contributed by atoms with van der Waals surface area (Å²) in [4.78, 5) is 28.2. The molecule has 0 spiro atoms. The Bertz CT molecular complexity index is 1100. The van der Waals surface area contributed by atoms with Gasteiger partial charge in [0, 0.05) is 12.6 Å². The SMILES string of the molecule is CCc1ccccc1N(CC(=O)N(CCc1ccccc1)C(C)C(=O)NC1CCCC1)S(C)(=O)=O. The first-order chi connectivity index (χ1) is 16.7. The molecule has 2 aromatic rings. The molecule has 1 atom stereocenters. The van der Waals surface area contributed by atoms with E-state index in [2.05, 4.69) is 5.32 Å². The van der Waals surface area contributed by atoms with Crippen LogP contribution >= 0.6 is 0 Å². The van der Waals surface area contributed by atoms with Gasteiger partial charge in [-0.25, -0.2) is 8.42 Å². The van der Waals surface area contributed by atoms with E-state index in [-0.39, 0.29) is 18.5 Å². The van der Waals surface area contributed by atoms with E-state index in [1.807, 2.05) is 49.4 Å². The van der Waals surface area contributed by atoms with Crippen LogP contribution in [0.25, 0.3) is 0 Å². The van der Waals surface area contributed by atoms with E-state index >= 15 is 0 Å². The highest BCUT2D eigenvalue weighted by molar-refractivity contribution is 7.92. The number of aryl methyl sites for hydroxylation is 1. The fraction of sp³-hybridized carbons (Fsp3) is 0.481. The largest absolute Gasteiger partial charge is 0.352 e. The van der Waals surface area contributed by atoms with E-state index in [9.17, 15) is 18.0 Å². The monoisotopic (exact) mass is 499 g/mol. The molecule has 1 saturated carbocycles. The van der Waals surface area contributed by atoms with Gasteiger partial charge in [0.25, 0.3) is 0 Å². The average molecular weight is 500 g/mol. The topological polar surface area (TPSA) is 86.8 Å². The Hall–Kier alpha value is -2.87. The molecule has 35 heavy (non-hydrogen) atoms. The Kier molecular flexibility index (Phi) is 9.32. The lowest BCUT2D eigenvalue weighted by Gasteiger charge is -2.32. The third-order valence-electron chi connectivity index (χ3n) is 6.67. The van der Waals surface area contributed by atoms with E-state index in [1.165, 1.54) is 4.90 Å². The third-order valence-corrected chi connectivity index (χ3v) is 7.80. The zero-order valence-electron chi connectivity index (χ0n) is 20.9. The molecule has 1 unspecified atom stereocenters. The van der Waals surface area contributed by atoms with Gasteiger partial charge in [-0.05, 0) is 49.8 Å². The minimum atomic E-state index is -3.73. The first kappa shape index (κ1) is 26.7. The molecular weight excluding hydrogens is 462 g/mol. The number of sulfonamides is 1. The van der Waals surface area contributed by atoms with Crippen molar-refractivity contribution in [1.82, 2.24) is 10.2 Å². The van der Waals surface area contributed by atoms with Crippen molar-refractivity contribution in [3.05, 3.63) is 65.7 Å². The van der Waals surface area contributed by atoms with Gasteiger partial charge in [0.05, 0.1) is 11.9 Å². The van der Waals surface area contributed by atoms with Crippen molar-refractivity contribution in [2.75, 3.05) is 23.7 Å². The van der Waals surface area contributed by atoms with Gasteiger partial charge in [-0.2, -0.15) is 0 Å². The number of hydrogen-bond acceptors (Lipinski definition) is 4. The Balaban J connectivity index is 1.84. The minimum Gasteiger partial charge on any atom is -0.352 e.